The first-order chi connectivity index (χ1) is 11.1. The zero-order valence-corrected chi connectivity index (χ0v) is 13.2. The lowest BCUT2D eigenvalue weighted by Crippen LogP contribution is -2.41. The maximum absolute atomic E-state index is 8.61. The molecular weight excluding hydrogens is 265 g/mol. The van der Waals surface area contributed by atoms with E-state index in [2.05, 4.69) is 0 Å². The zero-order chi connectivity index (χ0) is 17.7. The van der Waals surface area contributed by atoms with Crippen LogP contribution in [0.2, 0.25) is 0 Å². The molecule has 5 heteroatoms. The highest BCUT2D eigenvalue weighted by atomic mass is 16.7. The summed E-state index contributed by atoms with van der Waals surface area (Å²) < 4.78 is 42.5. The fourth-order valence-corrected chi connectivity index (χ4v) is 2.43. The Labute approximate surface area is 131 Å². The van der Waals surface area contributed by atoms with Crippen LogP contribution < -0.4 is 10.4 Å². The highest BCUT2D eigenvalue weighted by Gasteiger charge is 2.51. The van der Waals surface area contributed by atoms with Gasteiger partial charge in [-0.2, -0.15) is 0 Å². The first-order valence-electron chi connectivity index (χ1n) is 8.93. The maximum atomic E-state index is 8.61. The molecule has 0 spiro atoms. The summed E-state index contributed by atoms with van der Waals surface area (Å²) in [6.45, 7) is 10.2. The summed E-state index contributed by atoms with van der Waals surface area (Å²) in [7, 11) is -0.768. The minimum atomic E-state index is -0.768. The van der Waals surface area contributed by atoms with Crippen molar-refractivity contribution < 1.29 is 18.2 Å². The van der Waals surface area contributed by atoms with Gasteiger partial charge < -0.3 is 18.9 Å². The van der Waals surface area contributed by atoms with Crippen LogP contribution in [0.1, 0.15) is 31.8 Å². The topological polar surface area (TPSA) is 30.9 Å². The van der Waals surface area contributed by atoms with Crippen molar-refractivity contribution in [1.29, 1.82) is 0 Å². The molecule has 2 heterocycles. The van der Waals surface area contributed by atoms with Gasteiger partial charge in [-0.1, -0.05) is 12.1 Å². The SMILES string of the molecule is [2H]c1cc([2H])c(N2CCOCC2)c([2H])c1B1OC(C)(C)C(C)(C)O1. The lowest BCUT2D eigenvalue weighted by atomic mass is 9.79. The third kappa shape index (κ3) is 2.82. The Hall–Kier alpha value is -1.04. The van der Waals surface area contributed by atoms with Crippen molar-refractivity contribution in [2.75, 3.05) is 31.2 Å². The molecule has 2 fully saturated rings. The molecule has 4 nitrogen and oxygen atoms in total. The van der Waals surface area contributed by atoms with Crippen molar-refractivity contribution in [3.63, 3.8) is 0 Å². The highest BCUT2D eigenvalue weighted by Crippen LogP contribution is 2.36. The van der Waals surface area contributed by atoms with Crippen molar-refractivity contribution in [2.24, 2.45) is 0 Å². The van der Waals surface area contributed by atoms with E-state index in [0.29, 0.717) is 37.5 Å². The van der Waals surface area contributed by atoms with Gasteiger partial charge in [0.05, 0.1) is 28.5 Å². The van der Waals surface area contributed by atoms with Crippen LogP contribution in [0.25, 0.3) is 0 Å². The van der Waals surface area contributed by atoms with Crippen LogP contribution in [0.5, 0.6) is 0 Å². The molecule has 2 saturated heterocycles. The average molecular weight is 292 g/mol. The van der Waals surface area contributed by atoms with Gasteiger partial charge >= 0.3 is 7.12 Å². The van der Waals surface area contributed by atoms with E-state index in [9.17, 15) is 0 Å². The first-order valence-corrected chi connectivity index (χ1v) is 7.43. The molecule has 1 aromatic rings. The van der Waals surface area contributed by atoms with Crippen molar-refractivity contribution in [3.8, 4) is 0 Å². The summed E-state index contributed by atoms with van der Waals surface area (Å²) in [6, 6.07) is 1.92. The zero-order valence-electron chi connectivity index (χ0n) is 16.2. The Morgan fingerprint density at radius 3 is 2.33 bits per heavy atom. The number of rotatable bonds is 2. The summed E-state index contributed by atoms with van der Waals surface area (Å²) in [5.41, 5.74) is -0.143. The summed E-state index contributed by atoms with van der Waals surface area (Å²) in [6.07, 6.45) is 0. The number of ether oxygens (including phenoxy) is 1. The smallest absolute Gasteiger partial charge is 0.399 e. The highest BCUT2D eigenvalue weighted by molar-refractivity contribution is 6.62. The van der Waals surface area contributed by atoms with E-state index in [0.717, 1.165) is 0 Å². The third-order valence-electron chi connectivity index (χ3n) is 4.51. The van der Waals surface area contributed by atoms with Crippen LogP contribution >= 0.6 is 0 Å². The van der Waals surface area contributed by atoms with E-state index in [-0.39, 0.29) is 18.1 Å². The minimum Gasteiger partial charge on any atom is -0.399 e. The fourth-order valence-electron chi connectivity index (χ4n) is 2.43. The molecule has 0 amide bonds. The summed E-state index contributed by atoms with van der Waals surface area (Å²) in [5, 5.41) is 0. The molecule has 114 valence electrons. The molecule has 2 aliphatic heterocycles. The molecule has 0 aliphatic carbocycles. The van der Waals surface area contributed by atoms with Crippen LogP contribution in [0, 0.1) is 0 Å². The predicted molar refractivity (Wildman–Crippen MR) is 85.2 cm³/mol. The van der Waals surface area contributed by atoms with Crippen molar-refractivity contribution >= 4 is 18.3 Å². The Balaban J connectivity index is 2.03. The Morgan fingerprint density at radius 1 is 1.10 bits per heavy atom. The van der Waals surface area contributed by atoms with Crippen molar-refractivity contribution in [3.05, 3.63) is 24.2 Å². The van der Waals surface area contributed by atoms with Gasteiger partial charge in [-0.25, -0.2) is 0 Å². The van der Waals surface area contributed by atoms with E-state index >= 15 is 0 Å². The van der Waals surface area contributed by atoms with E-state index in [1.54, 1.807) is 0 Å². The van der Waals surface area contributed by atoms with Crippen LogP contribution in [0.15, 0.2) is 24.2 Å². The Kier molecular flexibility index (Phi) is 2.91. The van der Waals surface area contributed by atoms with Crippen LogP contribution in [-0.2, 0) is 14.0 Å². The molecule has 2 aliphatic rings. The Morgan fingerprint density at radius 2 is 1.71 bits per heavy atom. The van der Waals surface area contributed by atoms with E-state index in [1.807, 2.05) is 32.6 Å². The molecule has 0 unspecified atom stereocenters. The maximum Gasteiger partial charge on any atom is 0.494 e. The molecule has 0 aromatic heterocycles. The van der Waals surface area contributed by atoms with Crippen LogP contribution in [0.3, 0.4) is 0 Å². The molecule has 0 atom stereocenters. The van der Waals surface area contributed by atoms with Gasteiger partial charge in [0.25, 0.3) is 0 Å². The molecule has 0 saturated carbocycles. The molecule has 3 rings (SSSR count). The predicted octanol–water partition coefficient (Wildman–Crippen LogP) is 1.82. The number of nitrogens with zero attached hydrogens (tertiary/aromatic N) is 1. The van der Waals surface area contributed by atoms with Gasteiger partial charge in [-0.3, -0.25) is 0 Å². The number of hydrogen-bond acceptors (Lipinski definition) is 4. The van der Waals surface area contributed by atoms with Crippen LogP contribution in [0.4, 0.5) is 5.69 Å². The number of hydrogen-bond donors (Lipinski definition) is 0. The molecule has 0 bridgehead atoms. The second-order valence-corrected chi connectivity index (χ2v) is 6.51. The van der Waals surface area contributed by atoms with Gasteiger partial charge in [0.15, 0.2) is 0 Å². The lowest BCUT2D eigenvalue weighted by molar-refractivity contribution is 0.00578. The molecule has 21 heavy (non-hydrogen) atoms. The van der Waals surface area contributed by atoms with Gasteiger partial charge in [0.2, 0.25) is 0 Å². The van der Waals surface area contributed by atoms with E-state index in [1.165, 1.54) is 6.07 Å². The van der Waals surface area contributed by atoms with Crippen molar-refractivity contribution in [1.82, 2.24) is 0 Å². The number of anilines is 1. The fraction of sp³-hybridized carbons (Fsp3) is 0.625. The second kappa shape index (κ2) is 5.31. The summed E-state index contributed by atoms with van der Waals surface area (Å²) in [5.74, 6) is 0. The number of benzene rings is 1. The summed E-state index contributed by atoms with van der Waals surface area (Å²) >= 11 is 0. The largest absolute Gasteiger partial charge is 0.494 e. The Bertz CT molecular complexity index is 632. The van der Waals surface area contributed by atoms with Gasteiger partial charge in [0.1, 0.15) is 0 Å². The van der Waals surface area contributed by atoms with Crippen molar-refractivity contribution in [2.45, 2.75) is 38.9 Å². The average Bonchev–Trinajstić information content (AvgIpc) is 2.67. The molecular formula is C16H24BNO3. The lowest BCUT2D eigenvalue weighted by Gasteiger charge is -2.32. The summed E-state index contributed by atoms with van der Waals surface area (Å²) in [4.78, 5) is 1.97. The van der Waals surface area contributed by atoms with Gasteiger partial charge in [0, 0.05) is 18.8 Å². The first kappa shape index (κ1) is 11.5. The number of morpholine rings is 1. The molecule has 0 N–H and O–H groups in total. The normalized spacial score (nSPS) is 26.4. The monoisotopic (exact) mass is 292 g/mol. The standard InChI is InChI=1S/C16H24BNO3/c1-15(2)16(3,4)21-17(20-15)13-6-5-7-14(12-13)18-8-10-19-11-9-18/h5-7,12H,8-11H2,1-4H3/i6D,7D,12D. The minimum absolute atomic E-state index is 0.112. The van der Waals surface area contributed by atoms with E-state index < -0.39 is 18.3 Å². The second-order valence-electron chi connectivity index (χ2n) is 6.51. The molecule has 0 radical (unpaired) electrons. The third-order valence-corrected chi connectivity index (χ3v) is 4.51. The molecule has 1 aromatic carbocycles. The van der Waals surface area contributed by atoms with Gasteiger partial charge in [-0.05, 0) is 45.2 Å². The van der Waals surface area contributed by atoms with Gasteiger partial charge in [-0.15, -0.1) is 0 Å². The quantitative estimate of drug-likeness (QED) is 0.778. The van der Waals surface area contributed by atoms with E-state index in [4.69, 9.17) is 18.2 Å². The van der Waals surface area contributed by atoms with Crippen LogP contribution in [-0.4, -0.2) is 44.6 Å².